The molecule has 308 valence electrons. The third-order valence-electron chi connectivity index (χ3n) is 8.26. The number of carbonyl (C=O) groups is 1. The number of aromatic nitrogens is 2. The molecule has 7 rings (SSSR count). The molecule has 0 aliphatic carbocycles. The highest BCUT2D eigenvalue weighted by atomic mass is 79.9. The molecule has 0 saturated heterocycles. The van der Waals surface area contributed by atoms with E-state index >= 15 is 0 Å². The Labute approximate surface area is 373 Å². The van der Waals surface area contributed by atoms with E-state index in [1.165, 1.54) is 13.3 Å². The average molecular weight is 980 g/mol. The molecular formula is C43H36Br2Cl2N6O7. The lowest BCUT2D eigenvalue weighted by Gasteiger charge is -2.27. The number of aldehydes is 1. The minimum Gasteiger partial charge on any atom is -0.506 e. The van der Waals surface area contributed by atoms with Gasteiger partial charge in [0.15, 0.2) is 28.7 Å². The van der Waals surface area contributed by atoms with Crippen LogP contribution < -0.4 is 29.4 Å². The van der Waals surface area contributed by atoms with Gasteiger partial charge in [0.05, 0.1) is 55.2 Å². The highest BCUT2D eigenvalue weighted by Crippen LogP contribution is 2.48. The van der Waals surface area contributed by atoms with Gasteiger partial charge in [0, 0.05) is 27.1 Å². The van der Waals surface area contributed by atoms with Crippen molar-refractivity contribution in [2.75, 3.05) is 35.0 Å². The Balaban J connectivity index is 0.000000256. The largest absolute Gasteiger partial charge is 0.506 e. The molecule has 0 amide bonds. The van der Waals surface area contributed by atoms with E-state index in [9.17, 15) is 15.2 Å². The van der Waals surface area contributed by atoms with Crippen LogP contribution in [0.2, 0.25) is 10.3 Å². The smallest absolute Gasteiger partial charge is 0.298 e. The van der Waals surface area contributed by atoms with Crippen molar-refractivity contribution in [1.82, 2.24) is 9.97 Å². The van der Waals surface area contributed by atoms with Crippen LogP contribution in [0, 0.1) is 29.2 Å². The third kappa shape index (κ3) is 10.9. The number of hydrogen-bond acceptors (Lipinski definition) is 12. The van der Waals surface area contributed by atoms with Crippen molar-refractivity contribution >= 4 is 82.9 Å². The van der Waals surface area contributed by atoms with Gasteiger partial charge in [0.1, 0.15) is 40.1 Å². The lowest BCUT2D eigenvalue weighted by atomic mass is 9.85. The van der Waals surface area contributed by atoms with Gasteiger partial charge >= 0.3 is 0 Å². The number of benzene rings is 4. The molecule has 3 heterocycles. The normalized spacial score (nSPS) is 12.0. The van der Waals surface area contributed by atoms with Crippen molar-refractivity contribution in [2.45, 2.75) is 13.3 Å². The number of hydrogen-bond donors (Lipinski definition) is 2. The molecule has 1 unspecified atom stereocenters. The van der Waals surface area contributed by atoms with Gasteiger partial charge in [-0.2, -0.15) is 10.5 Å². The van der Waals surface area contributed by atoms with Crippen LogP contribution in [0.5, 0.6) is 34.5 Å². The van der Waals surface area contributed by atoms with Gasteiger partial charge in [-0.15, -0.1) is 0 Å². The Morgan fingerprint density at radius 3 is 1.93 bits per heavy atom. The highest BCUT2D eigenvalue weighted by Gasteiger charge is 2.35. The molecule has 4 aromatic carbocycles. The number of fused-ring (bicyclic) bond motifs is 4. The van der Waals surface area contributed by atoms with E-state index in [1.807, 2.05) is 48.5 Å². The van der Waals surface area contributed by atoms with E-state index < -0.39 is 5.92 Å². The zero-order valence-electron chi connectivity index (χ0n) is 31.6. The zero-order chi connectivity index (χ0) is 43.2. The van der Waals surface area contributed by atoms with Crippen molar-refractivity contribution in [2.24, 2.45) is 5.73 Å². The summed E-state index contributed by atoms with van der Waals surface area (Å²) < 4.78 is 28.2. The van der Waals surface area contributed by atoms with E-state index in [1.54, 1.807) is 51.7 Å². The molecule has 3 N–H and O–H groups in total. The molecular weight excluding hydrogens is 943 g/mol. The summed E-state index contributed by atoms with van der Waals surface area (Å²) in [6, 6.07) is 25.6. The number of methoxy groups -OCH3 is 4. The van der Waals surface area contributed by atoms with Crippen molar-refractivity contribution in [1.29, 1.82) is 10.5 Å². The molecule has 1 aliphatic rings. The van der Waals surface area contributed by atoms with Gasteiger partial charge in [0.25, 0.3) is 6.54 Å². The van der Waals surface area contributed by atoms with E-state index in [-0.39, 0.29) is 31.2 Å². The van der Waals surface area contributed by atoms with Crippen LogP contribution in [-0.2, 0) is 0 Å². The van der Waals surface area contributed by atoms with E-state index in [0.29, 0.717) is 59.3 Å². The summed E-state index contributed by atoms with van der Waals surface area (Å²) in [7, 11) is 6.17. The molecule has 60 heavy (non-hydrogen) atoms. The van der Waals surface area contributed by atoms with Gasteiger partial charge < -0.3 is 39.4 Å². The molecule has 6 aromatic rings. The second-order valence-corrected chi connectivity index (χ2v) is 14.1. The van der Waals surface area contributed by atoms with Crippen LogP contribution in [0.25, 0.3) is 26.4 Å². The molecule has 0 bridgehead atoms. The number of rotatable bonds is 6. The second kappa shape index (κ2) is 22.8. The monoisotopic (exact) mass is 976 g/mol. The van der Waals surface area contributed by atoms with Gasteiger partial charge in [-0.25, -0.2) is 16.5 Å². The fourth-order valence-corrected chi connectivity index (χ4v) is 7.41. The number of halogens is 4. The molecule has 1 atom stereocenters. The van der Waals surface area contributed by atoms with Gasteiger partial charge in [-0.3, -0.25) is 4.79 Å². The summed E-state index contributed by atoms with van der Waals surface area (Å²) >= 11 is 19.0. The Kier molecular flexibility index (Phi) is 18.2. The minimum absolute atomic E-state index is 0. The molecule has 0 spiro atoms. The maximum atomic E-state index is 10.5. The van der Waals surface area contributed by atoms with E-state index in [2.05, 4.69) is 52.7 Å². The number of nitrogens with zero attached hydrogens (tertiary/aromatic N) is 5. The summed E-state index contributed by atoms with van der Waals surface area (Å²) in [5.74, 6) is 2.28. The molecule has 17 heteroatoms. The maximum Gasteiger partial charge on any atom is 0.298 e. The first-order chi connectivity index (χ1) is 28.4. The van der Waals surface area contributed by atoms with Crippen molar-refractivity contribution in [3.05, 3.63) is 138 Å². The van der Waals surface area contributed by atoms with Crippen LogP contribution in [0.3, 0.4) is 0 Å². The second-order valence-electron chi connectivity index (χ2n) is 11.6. The molecule has 13 nitrogen and oxygen atoms in total. The first-order valence-corrected chi connectivity index (χ1v) is 19.1. The highest BCUT2D eigenvalue weighted by molar-refractivity contribution is 9.11. The van der Waals surface area contributed by atoms with Gasteiger partial charge in [-0.05, 0) is 61.7 Å². The van der Waals surface area contributed by atoms with Crippen LogP contribution >= 0.6 is 55.1 Å². The summed E-state index contributed by atoms with van der Waals surface area (Å²) in [4.78, 5) is 21.6. The number of pyridine rings is 2. The Hall–Kier alpha value is -6.28. The lowest BCUT2D eigenvalue weighted by Crippen LogP contribution is -2.22. The summed E-state index contributed by atoms with van der Waals surface area (Å²) in [5.41, 5.74) is 8.17. The van der Waals surface area contributed by atoms with Crippen LogP contribution in [-0.4, -0.2) is 56.3 Å². The fraction of sp³-hybridized carbons (Fsp3) is 0.163. The molecule has 0 radical (unpaired) electrons. The summed E-state index contributed by atoms with van der Waals surface area (Å²) in [6.07, 6.45) is 2.11. The summed E-state index contributed by atoms with van der Waals surface area (Å²) in [5, 5.41) is 30.5. The van der Waals surface area contributed by atoms with Crippen LogP contribution in [0.15, 0.2) is 99.4 Å². The first kappa shape index (κ1) is 48.1. The number of allylic oxidation sites excluding steroid dienone is 1. The quantitative estimate of drug-likeness (QED) is 0.0697. The number of ether oxygens (including phenoxy) is 5. The lowest BCUT2D eigenvalue weighted by molar-refractivity contribution is 0.112. The number of aromatic hydroxyl groups is 1. The zero-order valence-corrected chi connectivity index (χ0v) is 36.3. The van der Waals surface area contributed by atoms with E-state index in [4.69, 9.17) is 64.5 Å². The number of carbonyl (C=O) groups excluding carboxylic acids is 1. The van der Waals surface area contributed by atoms with Crippen molar-refractivity contribution in [3.63, 3.8) is 0 Å². The third-order valence-corrected chi connectivity index (χ3v) is 10.0. The topological polar surface area (TPSA) is 187 Å². The molecule has 0 fully saturated rings. The van der Waals surface area contributed by atoms with Crippen molar-refractivity contribution in [3.8, 4) is 46.6 Å². The Bertz CT molecular complexity index is 2630. The SMILES string of the molecule is C.COc1cc(C2C(C#N)=C(N)Oc3c2nc(Cl)c2ccccc32)cc(Br)c1OC.COc1cc(C=O)cc(Br)c1OC.Oc1cnc(Cl)c2ccccc12.[C-]#[N+]CC#N. The number of nitrogens with two attached hydrogens (primary N) is 1. The molecule has 0 saturated carbocycles. The fourth-order valence-electron chi connectivity index (χ4n) is 5.70. The average Bonchev–Trinajstić information content (AvgIpc) is 3.25. The summed E-state index contributed by atoms with van der Waals surface area (Å²) in [6.45, 7) is 5.99. The van der Waals surface area contributed by atoms with E-state index in [0.717, 1.165) is 33.4 Å². The predicted octanol–water partition coefficient (Wildman–Crippen LogP) is 10.8. The predicted molar refractivity (Wildman–Crippen MR) is 238 cm³/mol. The van der Waals surface area contributed by atoms with Crippen LogP contribution in [0.1, 0.15) is 35.0 Å². The number of nitriles is 2. The van der Waals surface area contributed by atoms with Gasteiger partial charge in [-0.1, -0.05) is 79.2 Å². The standard InChI is InChI=1S/C21H15BrClN3O3.C9H9BrO3.C9H6ClNO.C3H2N2.CH4/c1-27-15-8-10(7-14(22)19(15)28-2)16-13(9-24)21(25)29-18-11-5-3-4-6-12(11)20(23)26-17(16)18;1-12-8-4-6(5-11)3-7(10)9(8)13-2;10-9-7-4-2-1-3-6(7)8(12)5-11-9;1-5-3-2-4;/h3-8,16H,25H2,1-2H3;3-5H,1-2H3;1-5,12H;3H2;1H4. The Morgan fingerprint density at radius 2 is 1.43 bits per heavy atom. The molecule has 2 aromatic heterocycles. The van der Waals surface area contributed by atoms with Crippen molar-refractivity contribution < 1.29 is 33.6 Å². The Morgan fingerprint density at radius 1 is 0.883 bits per heavy atom. The minimum atomic E-state index is -0.582. The van der Waals surface area contributed by atoms with Gasteiger partial charge in [0.2, 0.25) is 5.88 Å². The maximum absolute atomic E-state index is 10.5. The first-order valence-electron chi connectivity index (χ1n) is 16.8. The molecule has 1 aliphatic heterocycles. The van der Waals surface area contributed by atoms with Crippen LogP contribution in [0.4, 0.5) is 0 Å².